The average Bonchev–Trinajstić information content (AvgIpc) is 3.27. The minimum atomic E-state index is -0.782. The fraction of sp³-hybridized carbons (Fsp3) is 0.435. The molecule has 2 aromatic rings. The highest BCUT2D eigenvalue weighted by Crippen LogP contribution is 2.49. The first-order valence-corrected chi connectivity index (χ1v) is 10.6. The molecule has 1 aromatic carbocycles. The number of pyridine rings is 1. The molecule has 164 valence electrons. The van der Waals surface area contributed by atoms with Gasteiger partial charge in [-0.3, -0.25) is 14.4 Å². The summed E-state index contributed by atoms with van der Waals surface area (Å²) in [6.45, 7) is 3.85. The predicted molar refractivity (Wildman–Crippen MR) is 113 cm³/mol. The normalized spacial score (nSPS) is 24.1. The van der Waals surface area contributed by atoms with Crippen LogP contribution in [-0.2, 0) is 16.1 Å². The molecule has 4 rings (SSSR count). The van der Waals surface area contributed by atoms with E-state index in [1.807, 2.05) is 6.92 Å². The fourth-order valence-corrected chi connectivity index (χ4v) is 5.08. The van der Waals surface area contributed by atoms with Gasteiger partial charge in [0, 0.05) is 49.7 Å². The number of hydrogen-bond donors (Lipinski definition) is 2. The van der Waals surface area contributed by atoms with Crippen LogP contribution >= 0.6 is 0 Å². The van der Waals surface area contributed by atoms with Crippen molar-refractivity contribution in [3.8, 4) is 11.1 Å². The third-order valence-electron chi connectivity index (χ3n) is 6.39. The lowest BCUT2D eigenvalue weighted by Crippen LogP contribution is -2.50. The Hall–Kier alpha value is -3.00. The molecule has 8 heteroatoms. The molecule has 31 heavy (non-hydrogen) atoms. The van der Waals surface area contributed by atoms with Gasteiger partial charge in [-0.1, -0.05) is 19.1 Å². The lowest BCUT2D eigenvalue weighted by Gasteiger charge is -2.30. The smallest absolute Gasteiger partial charge is 0.258 e. The molecule has 1 saturated heterocycles. The number of aliphatic hydroxyl groups is 1. The molecule has 7 nitrogen and oxygen atoms in total. The number of carbonyl (C=O) groups is 2. The van der Waals surface area contributed by atoms with Crippen LogP contribution in [0.4, 0.5) is 4.39 Å². The first-order chi connectivity index (χ1) is 14.9. The van der Waals surface area contributed by atoms with Crippen molar-refractivity contribution in [2.75, 3.05) is 13.2 Å². The maximum atomic E-state index is 13.7. The lowest BCUT2D eigenvalue weighted by atomic mass is 9.88. The Labute approximate surface area is 179 Å². The van der Waals surface area contributed by atoms with E-state index < -0.39 is 23.8 Å². The van der Waals surface area contributed by atoms with Crippen LogP contribution in [0.1, 0.15) is 32.0 Å². The molecule has 0 aliphatic carbocycles. The number of amides is 2. The van der Waals surface area contributed by atoms with Crippen molar-refractivity contribution in [2.45, 2.75) is 38.9 Å². The second kappa shape index (κ2) is 8.26. The van der Waals surface area contributed by atoms with E-state index in [-0.39, 0.29) is 36.4 Å². The van der Waals surface area contributed by atoms with Crippen LogP contribution in [0.15, 0.2) is 41.2 Å². The molecule has 2 N–H and O–H groups in total. The van der Waals surface area contributed by atoms with Crippen LogP contribution in [0.3, 0.4) is 0 Å². The molecule has 0 spiro atoms. The van der Waals surface area contributed by atoms with Gasteiger partial charge >= 0.3 is 0 Å². The molecule has 0 unspecified atom stereocenters. The summed E-state index contributed by atoms with van der Waals surface area (Å²) < 4.78 is 15.3. The molecule has 0 saturated carbocycles. The van der Waals surface area contributed by atoms with E-state index in [9.17, 15) is 23.9 Å². The van der Waals surface area contributed by atoms with Gasteiger partial charge in [0.1, 0.15) is 11.9 Å². The third kappa shape index (κ3) is 3.44. The lowest BCUT2D eigenvalue weighted by molar-refractivity contribution is -0.140. The van der Waals surface area contributed by atoms with Crippen molar-refractivity contribution in [3.05, 3.63) is 58.3 Å². The van der Waals surface area contributed by atoms with E-state index in [0.29, 0.717) is 23.4 Å². The van der Waals surface area contributed by atoms with Gasteiger partial charge in [0.05, 0.1) is 6.04 Å². The maximum Gasteiger partial charge on any atom is 0.258 e. The number of benzene rings is 1. The largest absolute Gasteiger partial charge is 0.396 e. The summed E-state index contributed by atoms with van der Waals surface area (Å²) >= 11 is 0. The Kier molecular flexibility index (Phi) is 5.66. The Bertz CT molecular complexity index is 1080. The van der Waals surface area contributed by atoms with Crippen LogP contribution in [0.5, 0.6) is 0 Å². The number of aliphatic hydroxyl groups excluding tert-OH is 1. The summed E-state index contributed by atoms with van der Waals surface area (Å²) in [5.41, 5.74) is 1.21. The van der Waals surface area contributed by atoms with Gasteiger partial charge in [0.2, 0.25) is 11.8 Å². The SMILES string of the molecule is CCCNC(=O)[C@H]1[C@H](CO)[C@H]2Cn3c(ccc(-c4cccc(F)c4)c3=O)[C@H]2N1C(C)=O. The topological polar surface area (TPSA) is 91.6 Å². The number of likely N-dealkylation sites (tertiary alicyclic amines) is 1. The van der Waals surface area contributed by atoms with Crippen molar-refractivity contribution in [1.29, 1.82) is 0 Å². The fourth-order valence-electron chi connectivity index (χ4n) is 5.08. The minimum Gasteiger partial charge on any atom is -0.396 e. The van der Waals surface area contributed by atoms with E-state index in [2.05, 4.69) is 5.32 Å². The van der Waals surface area contributed by atoms with Gasteiger partial charge in [-0.2, -0.15) is 0 Å². The molecule has 2 amide bonds. The van der Waals surface area contributed by atoms with E-state index >= 15 is 0 Å². The van der Waals surface area contributed by atoms with Gasteiger partial charge in [-0.05, 0) is 36.2 Å². The molecule has 3 heterocycles. The molecule has 0 radical (unpaired) electrons. The zero-order valence-electron chi connectivity index (χ0n) is 17.5. The predicted octanol–water partition coefficient (Wildman–Crippen LogP) is 1.69. The Morgan fingerprint density at radius 2 is 2.03 bits per heavy atom. The van der Waals surface area contributed by atoms with Crippen LogP contribution in [-0.4, -0.2) is 45.6 Å². The van der Waals surface area contributed by atoms with Crippen LogP contribution in [0.25, 0.3) is 11.1 Å². The maximum absolute atomic E-state index is 13.7. The molecule has 1 fully saturated rings. The quantitative estimate of drug-likeness (QED) is 0.760. The first kappa shape index (κ1) is 21.2. The number of fused-ring (bicyclic) bond motifs is 3. The van der Waals surface area contributed by atoms with Crippen molar-refractivity contribution in [3.63, 3.8) is 0 Å². The van der Waals surface area contributed by atoms with Crippen LogP contribution < -0.4 is 10.9 Å². The number of halogens is 1. The summed E-state index contributed by atoms with van der Waals surface area (Å²) in [4.78, 5) is 40.2. The monoisotopic (exact) mass is 427 g/mol. The second-order valence-electron chi connectivity index (χ2n) is 8.22. The number of nitrogens with one attached hydrogen (secondary N) is 1. The van der Waals surface area contributed by atoms with E-state index in [0.717, 1.165) is 6.42 Å². The standard InChI is InChI=1S/C23H26FN3O4/c1-3-9-25-22(30)21-18(12-28)17-11-26-19(20(17)27(21)13(2)29)8-7-16(23(26)31)14-5-4-6-15(24)10-14/h4-8,10,17-18,20-21,28H,3,9,11-12H2,1-2H3,(H,25,30)/t17-,18-,20+,21-/m1/s1. The Morgan fingerprint density at radius 1 is 1.26 bits per heavy atom. The van der Waals surface area contributed by atoms with Gasteiger partial charge in [-0.25, -0.2) is 4.39 Å². The molecule has 1 aromatic heterocycles. The van der Waals surface area contributed by atoms with Crippen molar-refractivity contribution < 1.29 is 19.1 Å². The van der Waals surface area contributed by atoms with Gasteiger partial charge in [-0.15, -0.1) is 0 Å². The Morgan fingerprint density at radius 3 is 2.68 bits per heavy atom. The summed E-state index contributed by atoms with van der Waals surface area (Å²) in [6, 6.07) is 8.01. The molecular weight excluding hydrogens is 401 g/mol. The number of nitrogens with zero attached hydrogens (tertiary/aromatic N) is 2. The summed E-state index contributed by atoms with van der Waals surface area (Å²) in [5.74, 6) is -1.74. The zero-order valence-corrected chi connectivity index (χ0v) is 17.5. The van der Waals surface area contributed by atoms with Gasteiger partial charge in [0.15, 0.2) is 0 Å². The number of hydrogen-bond acceptors (Lipinski definition) is 4. The molecule has 2 aliphatic heterocycles. The highest BCUT2D eigenvalue weighted by Gasteiger charge is 2.56. The summed E-state index contributed by atoms with van der Waals surface area (Å²) in [5, 5.41) is 13.0. The number of rotatable bonds is 5. The van der Waals surface area contributed by atoms with E-state index in [1.165, 1.54) is 24.0 Å². The number of aromatic nitrogens is 1. The average molecular weight is 427 g/mol. The zero-order chi connectivity index (χ0) is 22.3. The van der Waals surface area contributed by atoms with Gasteiger partial charge < -0.3 is 19.9 Å². The third-order valence-corrected chi connectivity index (χ3v) is 6.39. The van der Waals surface area contributed by atoms with Crippen molar-refractivity contribution in [1.82, 2.24) is 14.8 Å². The van der Waals surface area contributed by atoms with E-state index in [1.54, 1.807) is 28.8 Å². The highest BCUT2D eigenvalue weighted by molar-refractivity contribution is 5.88. The van der Waals surface area contributed by atoms with E-state index in [4.69, 9.17) is 0 Å². The van der Waals surface area contributed by atoms with Crippen LogP contribution in [0, 0.1) is 17.7 Å². The first-order valence-electron chi connectivity index (χ1n) is 10.6. The molecular formula is C23H26FN3O4. The molecule has 0 bridgehead atoms. The van der Waals surface area contributed by atoms with Crippen LogP contribution in [0.2, 0.25) is 0 Å². The summed E-state index contributed by atoms with van der Waals surface area (Å²) in [7, 11) is 0. The minimum absolute atomic E-state index is 0.262. The second-order valence-corrected chi connectivity index (χ2v) is 8.22. The van der Waals surface area contributed by atoms with Crippen molar-refractivity contribution in [2.24, 2.45) is 11.8 Å². The number of carbonyl (C=O) groups excluding carboxylic acids is 2. The van der Waals surface area contributed by atoms with Gasteiger partial charge in [0.25, 0.3) is 5.56 Å². The van der Waals surface area contributed by atoms with Crippen molar-refractivity contribution >= 4 is 11.8 Å². The Balaban J connectivity index is 1.77. The highest BCUT2D eigenvalue weighted by atomic mass is 19.1. The summed E-state index contributed by atoms with van der Waals surface area (Å²) in [6.07, 6.45) is 0.760. The molecule has 4 atom stereocenters. The molecule has 2 aliphatic rings.